The van der Waals surface area contributed by atoms with Crippen molar-refractivity contribution >= 4 is 27.3 Å². The summed E-state index contributed by atoms with van der Waals surface area (Å²) in [6.45, 7) is 3.00. The number of nitrogens with zero attached hydrogens (tertiary/aromatic N) is 3. The van der Waals surface area contributed by atoms with Crippen molar-refractivity contribution < 1.29 is 18.1 Å². The number of benzene rings is 2. The molecule has 7 rings (SSSR count). The van der Waals surface area contributed by atoms with Gasteiger partial charge in [0, 0.05) is 43.9 Å². The number of sulfonamides is 1. The minimum absolute atomic E-state index is 0.127. The van der Waals surface area contributed by atoms with E-state index in [1.54, 1.807) is 36.4 Å². The summed E-state index contributed by atoms with van der Waals surface area (Å²) in [7, 11) is -3.63. The summed E-state index contributed by atoms with van der Waals surface area (Å²) in [4.78, 5) is 26.8. The third-order valence-corrected chi connectivity index (χ3v) is 11.1. The van der Waals surface area contributed by atoms with Gasteiger partial charge in [-0.05, 0) is 87.0 Å². The van der Waals surface area contributed by atoms with Crippen molar-refractivity contribution in [1.29, 1.82) is 0 Å². The highest BCUT2D eigenvalue weighted by Crippen LogP contribution is 2.53. The minimum Gasteiger partial charge on any atom is -0.363 e. The van der Waals surface area contributed by atoms with Crippen LogP contribution >= 0.6 is 0 Å². The number of amides is 1. The zero-order valence-electron chi connectivity index (χ0n) is 21.6. The van der Waals surface area contributed by atoms with Gasteiger partial charge in [-0.2, -0.15) is 4.31 Å². The molecule has 1 heterocycles. The molecule has 9 nitrogen and oxygen atoms in total. The van der Waals surface area contributed by atoms with Crippen molar-refractivity contribution in [2.24, 2.45) is 23.7 Å². The van der Waals surface area contributed by atoms with E-state index in [2.05, 4.69) is 5.32 Å². The lowest BCUT2D eigenvalue weighted by Gasteiger charge is -2.54. The van der Waals surface area contributed by atoms with Gasteiger partial charge in [0.2, 0.25) is 10.0 Å². The van der Waals surface area contributed by atoms with Gasteiger partial charge in [-0.3, -0.25) is 14.9 Å². The fourth-order valence-corrected chi connectivity index (χ4v) is 8.92. The zero-order valence-corrected chi connectivity index (χ0v) is 22.4. The molecule has 0 atom stereocenters. The first-order valence-corrected chi connectivity index (χ1v) is 15.0. The second-order valence-electron chi connectivity index (χ2n) is 11.6. The molecule has 1 saturated heterocycles. The zero-order chi connectivity index (χ0) is 26.6. The lowest BCUT2D eigenvalue weighted by Crippen LogP contribution is -2.55. The Balaban J connectivity index is 1.15. The first-order valence-electron chi connectivity index (χ1n) is 13.6. The van der Waals surface area contributed by atoms with Crippen LogP contribution in [0.3, 0.4) is 0 Å². The summed E-state index contributed by atoms with van der Waals surface area (Å²) in [5.41, 5.74) is 1.57. The fourth-order valence-electron chi connectivity index (χ4n) is 7.50. The highest BCUT2D eigenvalue weighted by Gasteiger charge is 2.48. The molecule has 1 N–H and O–H groups in total. The first kappa shape index (κ1) is 25.3. The Morgan fingerprint density at radius 1 is 0.921 bits per heavy atom. The molecular formula is C28H34N4O5S. The van der Waals surface area contributed by atoms with Crippen LogP contribution in [0.1, 0.15) is 48.0 Å². The molecule has 1 amide bonds. The molecule has 4 aliphatic carbocycles. The van der Waals surface area contributed by atoms with E-state index in [-0.39, 0.29) is 35.6 Å². The van der Waals surface area contributed by atoms with Crippen LogP contribution in [0.25, 0.3) is 0 Å². The Hall–Kier alpha value is -2.98. The van der Waals surface area contributed by atoms with Crippen molar-refractivity contribution in [3.8, 4) is 0 Å². The molecule has 0 unspecified atom stereocenters. The van der Waals surface area contributed by atoms with Gasteiger partial charge in [-0.25, -0.2) is 8.42 Å². The molecule has 5 aliphatic rings. The van der Waals surface area contributed by atoms with E-state index in [0.29, 0.717) is 36.2 Å². The number of carbonyl (C=O) groups excluding carboxylic acids is 1. The summed E-state index contributed by atoms with van der Waals surface area (Å²) in [6.07, 6.45) is 6.07. The first-order chi connectivity index (χ1) is 18.2. The predicted octanol–water partition coefficient (Wildman–Crippen LogP) is 3.97. The van der Waals surface area contributed by atoms with Gasteiger partial charge in [0.25, 0.3) is 11.6 Å². The molecule has 0 radical (unpaired) electrons. The van der Waals surface area contributed by atoms with Gasteiger partial charge in [0.05, 0.1) is 9.82 Å². The van der Waals surface area contributed by atoms with Gasteiger partial charge in [0.15, 0.2) is 0 Å². The van der Waals surface area contributed by atoms with Crippen molar-refractivity contribution in [3.63, 3.8) is 0 Å². The molecule has 2 aromatic rings. The second kappa shape index (κ2) is 9.64. The molecule has 4 bridgehead atoms. The van der Waals surface area contributed by atoms with E-state index in [4.69, 9.17) is 0 Å². The van der Waals surface area contributed by atoms with E-state index in [9.17, 15) is 23.3 Å². The average molecular weight is 539 g/mol. The Morgan fingerprint density at radius 3 is 2.11 bits per heavy atom. The van der Waals surface area contributed by atoms with E-state index in [0.717, 1.165) is 17.4 Å². The lowest BCUT2D eigenvalue weighted by molar-refractivity contribution is -0.384. The summed E-state index contributed by atoms with van der Waals surface area (Å²) in [5, 5.41) is 15.2. The topological polar surface area (TPSA) is 113 Å². The van der Waals surface area contributed by atoms with Gasteiger partial charge in [-0.15, -0.1) is 0 Å². The van der Waals surface area contributed by atoms with Crippen LogP contribution < -0.4 is 10.2 Å². The number of hydrogen-bond acceptors (Lipinski definition) is 6. The number of nitro groups is 1. The highest BCUT2D eigenvalue weighted by molar-refractivity contribution is 7.89. The van der Waals surface area contributed by atoms with E-state index >= 15 is 0 Å². The summed E-state index contributed by atoms with van der Waals surface area (Å²) >= 11 is 0. The highest BCUT2D eigenvalue weighted by atomic mass is 32.2. The molecule has 10 heteroatoms. The maximum Gasteiger partial charge on any atom is 0.293 e. The SMILES string of the molecule is Cc1ccc(S(=O)(=O)N2CCN(c3ccc(C(=O)NC4C5CC6CC(C5)CC4C6)cc3[N+](=O)[O-])CC2)cc1. The third kappa shape index (κ3) is 4.58. The molecule has 4 saturated carbocycles. The number of hydrogen-bond donors (Lipinski definition) is 1. The van der Waals surface area contributed by atoms with Crippen molar-refractivity contribution in [2.75, 3.05) is 31.1 Å². The summed E-state index contributed by atoms with van der Waals surface area (Å²) in [5.74, 6) is 2.41. The standard InChI is InChI=1S/C28H34N4O5S/c1-18-2-5-24(6-3-18)38(36,37)31-10-8-30(9-11-31)25-7-4-21(17-26(25)32(34)35)28(33)29-27-22-13-19-12-20(15-22)16-23(27)14-19/h2-7,17,19-20,22-23,27H,8-16H2,1H3,(H,29,33). The molecule has 0 spiro atoms. The largest absolute Gasteiger partial charge is 0.363 e. The van der Waals surface area contributed by atoms with E-state index in [1.165, 1.54) is 42.5 Å². The van der Waals surface area contributed by atoms with Crippen molar-refractivity contribution in [3.05, 3.63) is 63.7 Å². The van der Waals surface area contributed by atoms with Crippen LogP contribution in [0.2, 0.25) is 0 Å². The monoisotopic (exact) mass is 538 g/mol. The van der Waals surface area contributed by atoms with Crippen LogP contribution in [0.5, 0.6) is 0 Å². The Labute approximate surface area is 223 Å². The maximum absolute atomic E-state index is 13.2. The molecule has 38 heavy (non-hydrogen) atoms. The average Bonchev–Trinajstić information content (AvgIpc) is 2.90. The van der Waals surface area contributed by atoms with Crippen LogP contribution in [-0.2, 0) is 10.0 Å². The number of nitrogens with one attached hydrogen (secondary N) is 1. The molecular weight excluding hydrogens is 504 g/mol. The van der Waals surface area contributed by atoms with Crippen LogP contribution in [-0.4, -0.2) is 55.8 Å². The van der Waals surface area contributed by atoms with Crippen LogP contribution in [0.4, 0.5) is 11.4 Å². The number of nitro benzene ring substituents is 1. The number of rotatable bonds is 6. The van der Waals surface area contributed by atoms with Gasteiger partial charge in [0.1, 0.15) is 5.69 Å². The van der Waals surface area contributed by atoms with Crippen LogP contribution in [0, 0.1) is 40.7 Å². The predicted molar refractivity (Wildman–Crippen MR) is 144 cm³/mol. The quantitative estimate of drug-likeness (QED) is 0.440. The maximum atomic E-state index is 13.2. The summed E-state index contributed by atoms with van der Waals surface area (Å²) < 4.78 is 27.5. The van der Waals surface area contributed by atoms with Crippen molar-refractivity contribution in [1.82, 2.24) is 9.62 Å². The Morgan fingerprint density at radius 2 is 1.53 bits per heavy atom. The number of anilines is 1. The van der Waals surface area contributed by atoms with Gasteiger partial charge in [-0.1, -0.05) is 17.7 Å². The van der Waals surface area contributed by atoms with Gasteiger partial charge < -0.3 is 10.2 Å². The number of piperazine rings is 1. The smallest absolute Gasteiger partial charge is 0.293 e. The third-order valence-electron chi connectivity index (χ3n) is 9.20. The molecule has 0 aromatic heterocycles. The van der Waals surface area contributed by atoms with E-state index in [1.807, 2.05) is 11.8 Å². The van der Waals surface area contributed by atoms with Gasteiger partial charge >= 0.3 is 0 Å². The molecule has 1 aliphatic heterocycles. The number of aryl methyl sites for hydroxylation is 1. The van der Waals surface area contributed by atoms with Crippen molar-refractivity contribution in [2.45, 2.75) is 50.0 Å². The molecule has 2 aromatic carbocycles. The fraction of sp³-hybridized carbons (Fsp3) is 0.536. The Bertz CT molecular complexity index is 1320. The Kier molecular flexibility index (Phi) is 6.42. The number of carbonyl (C=O) groups is 1. The normalized spacial score (nSPS) is 28.9. The lowest BCUT2D eigenvalue weighted by atomic mass is 9.54. The molecule has 202 valence electrons. The molecule has 5 fully saturated rings. The summed E-state index contributed by atoms with van der Waals surface area (Å²) in [6, 6.07) is 11.6. The van der Waals surface area contributed by atoms with Crippen LogP contribution in [0.15, 0.2) is 47.4 Å². The minimum atomic E-state index is -3.63. The van der Waals surface area contributed by atoms with E-state index < -0.39 is 14.9 Å². The second-order valence-corrected chi connectivity index (χ2v) is 13.5.